The lowest BCUT2D eigenvalue weighted by atomic mass is 10.1. The van der Waals surface area contributed by atoms with Crippen LogP contribution in [0.3, 0.4) is 0 Å². The molecule has 6 heteroatoms. The molecule has 0 radical (unpaired) electrons. The first-order valence-corrected chi connectivity index (χ1v) is 7.37. The van der Waals surface area contributed by atoms with Crippen molar-refractivity contribution in [3.05, 3.63) is 23.8 Å². The van der Waals surface area contributed by atoms with Gasteiger partial charge in [0.1, 0.15) is 0 Å². The van der Waals surface area contributed by atoms with E-state index in [1.54, 1.807) is 13.0 Å². The number of hydrogen-bond acceptors (Lipinski definition) is 6. The van der Waals surface area contributed by atoms with Crippen molar-refractivity contribution in [1.82, 2.24) is 0 Å². The van der Waals surface area contributed by atoms with Crippen LogP contribution in [0.2, 0.25) is 0 Å². The van der Waals surface area contributed by atoms with E-state index in [1.165, 1.54) is 12.1 Å². The molecule has 0 heterocycles. The van der Waals surface area contributed by atoms with Crippen LogP contribution in [0, 0.1) is 5.41 Å². The minimum atomic E-state index is -0.451. The van der Waals surface area contributed by atoms with E-state index in [2.05, 4.69) is 0 Å². The van der Waals surface area contributed by atoms with Gasteiger partial charge in [0.25, 0.3) is 0 Å². The topological polar surface area (TPSA) is 119 Å². The van der Waals surface area contributed by atoms with Gasteiger partial charge in [0.15, 0.2) is 5.78 Å². The maximum absolute atomic E-state index is 11.8. The molecule has 0 aliphatic rings. The monoisotopic (exact) mass is 305 g/mol. The minimum absolute atomic E-state index is 0.106. The summed E-state index contributed by atoms with van der Waals surface area (Å²) >= 11 is 0. The summed E-state index contributed by atoms with van der Waals surface area (Å²) in [6.07, 6.45) is 3.09. The van der Waals surface area contributed by atoms with Crippen molar-refractivity contribution in [3.8, 4) is 0 Å². The largest absolute Gasteiger partial charge is 0.462 e. The number of nitrogens with one attached hydrogen (secondary N) is 1. The smallest absolute Gasteiger partial charge is 0.338 e. The molecule has 0 amide bonds. The zero-order valence-corrected chi connectivity index (χ0v) is 12.9. The number of nitrogens with two attached hydrogens (primary N) is 2. The summed E-state index contributed by atoms with van der Waals surface area (Å²) in [5.74, 6) is -0.557. The van der Waals surface area contributed by atoms with Crippen molar-refractivity contribution in [2.24, 2.45) is 0 Å². The lowest BCUT2D eigenvalue weighted by molar-refractivity contribution is -0.112. The van der Waals surface area contributed by atoms with Crippen molar-refractivity contribution >= 4 is 28.8 Å². The summed E-state index contributed by atoms with van der Waals surface area (Å²) in [6, 6.07) is 4.62. The summed E-state index contributed by atoms with van der Waals surface area (Å²) in [5, 5.41) is 7.54. The molecule has 6 nitrogen and oxygen atoms in total. The first-order valence-electron chi connectivity index (χ1n) is 7.37. The Morgan fingerprint density at radius 3 is 2.32 bits per heavy atom. The quantitative estimate of drug-likeness (QED) is 0.280. The molecule has 0 unspecified atom stereocenters. The fraction of sp³-hybridized carbons (Fsp3) is 0.438. The van der Waals surface area contributed by atoms with E-state index < -0.39 is 5.97 Å². The number of anilines is 2. The number of hydrogen-bond donors (Lipinski definition) is 3. The Morgan fingerprint density at radius 1 is 1.09 bits per heavy atom. The fourth-order valence-electron chi connectivity index (χ4n) is 1.98. The van der Waals surface area contributed by atoms with E-state index >= 15 is 0 Å². The van der Waals surface area contributed by atoms with Crippen molar-refractivity contribution in [2.45, 2.75) is 39.0 Å². The van der Waals surface area contributed by atoms with Gasteiger partial charge in [-0.25, -0.2) is 4.79 Å². The van der Waals surface area contributed by atoms with Crippen LogP contribution >= 0.6 is 0 Å². The highest BCUT2D eigenvalue weighted by Gasteiger charge is 2.09. The highest BCUT2D eigenvalue weighted by molar-refractivity contribution is 6.38. The average molecular weight is 305 g/mol. The highest BCUT2D eigenvalue weighted by Crippen LogP contribution is 2.14. The molecule has 5 N–H and O–H groups in total. The zero-order chi connectivity index (χ0) is 16.5. The van der Waals surface area contributed by atoms with Gasteiger partial charge in [-0.2, -0.15) is 0 Å². The van der Waals surface area contributed by atoms with Gasteiger partial charge < -0.3 is 21.6 Å². The van der Waals surface area contributed by atoms with E-state index in [1.807, 2.05) is 0 Å². The Hall–Kier alpha value is -2.37. The van der Waals surface area contributed by atoms with Gasteiger partial charge in [-0.05, 0) is 43.9 Å². The molecule has 0 saturated carbocycles. The van der Waals surface area contributed by atoms with Crippen molar-refractivity contribution in [1.29, 1.82) is 5.41 Å². The van der Waals surface area contributed by atoms with Crippen LogP contribution in [0.25, 0.3) is 0 Å². The third-order valence-electron chi connectivity index (χ3n) is 3.18. The molecule has 0 aromatic heterocycles. The standard InChI is InChI=1S/C16H23N3O3/c1-2-15(20)14(19)6-4-3-5-7-22-16(21)11-8-12(17)10-13(18)9-11/h8-10,19H,2-7,17-18H2,1H3. The van der Waals surface area contributed by atoms with Crippen LogP contribution in [0.4, 0.5) is 11.4 Å². The highest BCUT2D eigenvalue weighted by atomic mass is 16.5. The van der Waals surface area contributed by atoms with Gasteiger partial charge in [-0.1, -0.05) is 6.92 Å². The number of esters is 1. The van der Waals surface area contributed by atoms with E-state index in [4.69, 9.17) is 21.6 Å². The molecule has 0 spiro atoms. The Balaban J connectivity index is 2.23. The van der Waals surface area contributed by atoms with Crippen molar-refractivity contribution in [2.75, 3.05) is 18.1 Å². The summed E-state index contributed by atoms with van der Waals surface area (Å²) in [4.78, 5) is 23.0. The van der Waals surface area contributed by atoms with Crippen molar-refractivity contribution in [3.63, 3.8) is 0 Å². The predicted molar refractivity (Wildman–Crippen MR) is 87.0 cm³/mol. The molecule has 120 valence electrons. The minimum Gasteiger partial charge on any atom is -0.462 e. The summed E-state index contributed by atoms with van der Waals surface area (Å²) in [7, 11) is 0. The van der Waals surface area contributed by atoms with Crippen LogP contribution in [0.5, 0.6) is 0 Å². The van der Waals surface area contributed by atoms with E-state index in [-0.39, 0.29) is 11.5 Å². The molecule has 1 aromatic rings. The number of carbonyl (C=O) groups is 2. The van der Waals surface area contributed by atoms with Gasteiger partial charge in [0, 0.05) is 17.8 Å². The number of benzene rings is 1. The van der Waals surface area contributed by atoms with Gasteiger partial charge in [0.2, 0.25) is 0 Å². The van der Waals surface area contributed by atoms with Crippen LogP contribution in [-0.2, 0) is 9.53 Å². The molecule has 0 bridgehead atoms. The molecule has 22 heavy (non-hydrogen) atoms. The molecule has 0 atom stereocenters. The molecule has 0 aliphatic carbocycles. The zero-order valence-electron chi connectivity index (χ0n) is 12.9. The summed E-state index contributed by atoms with van der Waals surface area (Å²) in [5.41, 5.74) is 12.6. The Morgan fingerprint density at radius 2 is 1.73 bits per heavy atom. The number of carbonyl (C=O) groups excluding carboxylic acids is 2. The number of nitrogen functional groups attached to an aromatic ring is 2. The van der Waals surface area contributed by atoms with Gasteiger partial charge in [-0.3, -0.25) is 4.79 Å². The first-order chi connectivity index (χ1) is 10.4. The Bertz CT molecular complexity index is 535. The number of unbranched alkanes of at least 4 members (excludes halogenated alkanes) is 2. The Kier molecular flexibility index (Phi) is 7.08. The molecule has 1 rings (SSSR count). The van der Waals surface area contributed by atoms with Gasteiger partial charge in [0.05, 0.1) is 17.9 Å². The number of Topliss-reactive ketones (excluding diaryl/α,β-unsaturated/α-hetero) is 1. The first kappa shape index (κ1) is 17.7. The van der Waals surface area contributed by atoms with E-state index in [9.17, 15) is 9.59 Å². The maximum Gasteiger partial charge on any atom is 0.338 e. The Labute approximate surface area is 130 Å². The fourth-order valence-corrected chi connectivity index (χ4v) is 1.98. The maximum atomic E-state index is 11.8. The second-order valence-electron chi connectivity index (χ2n) is 5.09. The second-order valence-corrected chi connectivity index (χ2v) is 5.09. The van der Waals surface area contributed by atoms with Gasteiger partial charge in [-0.15, -0.1) is 0 Å². The predicted octanol–water partition coefficient (Wildman–Crippen LogP) is 2.57. The van der Waals surface area contributed by atoms with Crippen LogP contribution < -0.4 is 11.5 Å². The van der Waals surface area contributed by atoms with E-state index in [0.717, 1.165) is 12.8 Å². The molecule has 0 fully saturated rings. The van der Waals surface area contributed by atoms with Crippen LogP contribution in [-0.4, -0.2) is 24.1 Å². The lowest BCUT2D eigenvalue weighted by Crippen LogP contribution is -2.11. The molecular formula is C16H23N3O3. The molecular weight excluding hydrogens is 282 g/mol. The second kappa shape index (κ2) is 8.81. The van der Waals surface area contributed by atoms with Gasteiger partial charge >= 0.3 is 5.97 Å². The van der Waals surface area contributed by atoms with Crippen LogP contribution in [0.1, 0.15) is 49.4 Å². The summed E-state index contributed by atoms with van der Waals surface area (Å²) in [6.45, 7) is 2.04. The summed E-state index contributed by atoms with van der Waals surface area (Å²) < 4.78 is 5.14. The third-order valence-corrected chi connectivity index (χ3v) is 3.18. The molecule has 0 saturated heterocycles. The van der Waals surface area contributed by atoms with Crippen molar-refractivity contribution < 1.29 is 14.3 Å². The van der Waals surface area contributed by atoms with E-state index in [0.29, 0.717) is 42.8 Å². The normalized spacial score (nSPS) is 10.2. The molecule has 0 aliphatic heterocycles. The number of ketones is 1. The lowest BCUT2D eigenvalue weighted by Gasteiger charge is -2.06. The number of rotatable bonds is 9. The SMILES string of the molecule is CCC(=O)C(=N)CCCCCOC(=O)c1cc(N)cc(N)c1. The third kappa shape index (κ3) is 5.95. The molecule has 1 aromatic carbocycles. The average Bonchev–Trinajstić information content (AvgIpc) is 2.48. The number of ether oxygens (including phenoxy) is 1. The van der Waals surface area contributed by atoms with Crippen LogP contribution in [0.15, 0.2) is 18.2 Å².